The van der Waals surface area contributed by atoms with Gasteiger partial charge >= 0.3 is 11.9 Å². The number of methoxy groups -OCH3 is 1. The molecular weight excluding hydrogens is 498 g/mol. The number of aromatic nitrogens is 2. The lowest BCUT2D eigenvalue weighted by atomic mass is 9.87. The summed E-state index contributed by atoms with van der Waals surface area (Å²) in [6.07, 6.45) is 8.77. The molecule has 1 aliphatic rings. The van der Waals surface area contributed by atoms with Gasteiger partial charge in [0.25, 0.3) is 0 Å². The largest absolute Gasteiger partial charge is 0.493 e. The van der Waals surface area contributed by atoms with Gasteiger partial charge in [-0.1, -0.05) is 13.0 Å². The smallest absolute Gasteiger partial charge is 0.335 e. The summed E-state index contributed by atoms with van der Waals surface area (Å²) in [6, 6.07) is 5.96. The molecule has 0 aliphatic heterocycles. The fourth-order valence-electron chi connectivity index (χ4n) is 3.68. The molecule has 0 bridgehead atoms. The monoisotopic (exact) mass is 533 g/mol. The first-order valence-electron chi connectivity index (χ1n) is 12.2. The van der Waals surface area contributed by atoms with Crippen LogP contribution in [0.1, 0.15) is 38.2 Å². The average molecular weight is 534 g/mol. The third-order valence-corrected chi connectivity index (χ3v) is 5.95. The standard InChI is InChI=1S/C22H29N3O3.C4H6O6/c1-17-3-7-19(8-4-17)24-22(26)10-6-18-5-9-20(21(15-18)27-2)28-14-13-25-12-11-23-16-25;5-1(3(7)8)2(6)4(9)10/h5-6,9-12,15-17,19H,3-4,7-8,13-14H2,1-2H3,(H,24,26);1-2,5-6H,(H,7,8)(H,9,10)/b10-6+;/t17-,19-;. The number of nitrogens with zero attached hydrogens (tertiary/aromatic N) is 2. The number of benzene rings is 1. The molecule has 1 heterocycles. The lowest BCUT2D eigenvalue weighted by molar-refractivity contribution is -0.165. The SMILES string of the molecule is COc1cc(/C=C/C(=O)N[C@H]2CC[C@H](C)CC2)ccc1OCCn1ccnc1.O=C(O)C(O)C(O)C(=O)O. The molecule has 2 atom stereocenters. The van der Waals surface area contributed by atoms with Gasteiger partial charge in [0.1, 0.15) is 6.61 Å². The van der Waals surface area contributed by atoms with Crippen molar-refractivity contribution in [1.29, 1.82) is 0 Å². The number of imidazole rings is 1. The Morgan fingerprint density at radius 1 is 1.11 bits per heavy atom. The second-order valence-corrected chi connectivity index (χ2v) is 8.92. The maximum atomic E-state index is 12.2. The predicted octanol–water partition coefficient (Wildman–Crippen LogP) is 1.56. The fraction of sp³-hybridized carbons (Fsp3) is 0.462. The van der Waals surface area contributed by atoms with Crippen LogP contribution in [-0.2, 0) is 20.9 Å². The molecule has 1 fully saturated rings. The van der Waals surface area contributed by atoms with E-state index in [1.807, 2.05) is 29.0 Å². The normalized spacial score (nSPS) is 18.5. The first-order chi connectivity index (χ1) is 18.1. The van der Waals surface area contributed by atoms with Crippen LogP contribution in [0.4, 0.5) is 0 Å². The van der Waals surface area contributed by atoms with Crippen LogP contribution in [0.25, 0.3) is 6.08 Å². The zero-order valence-electron chi connectivity index (χ0n) is 21.4. The molecule has 1 amide bonds. The van der Waals surface area contributed by atoms with Crippen LogP contribution in [0, 0.1) is 5.92 Å². The Bertz CT molecular complexity index is 1050. The highest BCUT2D eigenvalue weighted by atomic mass is 16.5. The molecule has 2 aromatic rings. The highest BCUT2D eigenvalue weighted by Crippen LogP contribution is 2.28. The Labute approximate surface area is 220 Å². The second kappa shape index (κ2) is 15.4. The van der Waals surface area contributed by atoms with E-state index in [2.05, 4.69) is 17.2 Å². The molecule has 0 spiro atoms. The molecule has 12 heteroatoms. The summed E-state index contributed by atoms with van der Waals surface area (Å²) in [5.74, 6) is -1.48. The van der Waals surface area contributed by atoms with Crippen molar-refractivity contribution in [2.24, 2.45) is 5.92 Å². The Morgan fingerprint density at radius 3 is 2.32 bits per heavy atom. The molecule has 208 valence electrons. The highest BCUT2D eigenvalue weighted by molar-refractivity contribution is 5.92. The lowest BCUT2D eigenvalue weighted by Crippen LogP contribution is -2.39. The summed E-state index contributed by atoms with van der Waals surface area (Å²) in [4.78, 5) is 35.7. The van der Waals surface area contributed by atoms with Crippen molar-refractivity contribution in [1.82, 2.24) is 14.9 Å². The number of aliphatic hydroxyl groups excluding tert-OH is 2. The topological polar surface area (TPSA) is 180 Å². The summed E-state index contributed by atoms with van der Waals surface area (Å²) in [6.45, 7) is 3.51. The number of hydrogen-bond acceptors (Lipinski definition) is 8. The third kappa shape index (κ3) is 10.2. The van der Waals surface area contributed by atoms with Crippen molar-refractivity contribution in [3.63, 3.8) is 0 Å². The van der Waals surface area contributed by atoms with Gasteiger partial charge in [-0.2, -0.15) is 0 Å². The third-order valence-electron chi connectivity index (χ3n) is 5.95. The summed E-state index contributed by atoms with van der Waals surface area (Å²) in [5, 5.41) is 35.6. The summed E-state index contributed by atoms with van der Waals surface area (Å²) < 4.78 is 13.2. The molecule has 0 radical (unpaired) electrons. The average Bonchev–Trinajstić information content (AvgIpc) is 3.42. The summed E-state index contributed by atoms with van der Waals surface area (Å²) in [7, 11) is 1.61. The molecule has 38 heavy (non-hydrogen) atoms. The van der Waals surface area contributed by atoms with Crippen LogP contribution < -0.4 is 14.8 Å². The number of carboxylic acid groups (broad SMARTS) is 2. The summed E-state index contributed by atoms with van der Waals surface area (Å²) in [5.41, 5.74) is 0.895. The molecule has 1 aliphatic carbocycles. The van der Waals surface area contributed by atoms with E-state index in [0.29, 0.717) is 30.7 Å². The molecule has 3 rings (SSSR count). The van der Waals surface area contributed by atoms with Crippen molar-refractivity contribution in [3.05, 3.63) is 48.6 Å². The number of carboxylic acids is 2. The number of carbonyl (C=O) groups is 3. The van der Waals surface area contributed by atoms with Crippen molar-refractivity contribution in [2.45, 2.75) is 57.4 Å². The van der Waals surface area contributed by atoms with E-state index >= 15 is 0 Å². The van der Waals surface area contributed by atoms with Crippen LogP contribution in [-0.4, -0.2) is 79.8 Å². The molecule has 1 saturated carbocycles. The van der Waals surface area contributed by atoms with Gasteiger partial charge in [-0.15, -0.1) is 0 Å². The Balaban J connectivity index is 0.000000432. The number of nitrogens with one attached hydrogen (secondary N) is 1. The van der Waals surface area contributed by atoms with Crippen molar-refractivity contribution in [2.75, 3.05) is 13.7 Å². The van der Waals surface area contributed by atoms with E-state index < -0.39 is 24.1 Å². The van der Waals surface area contributed by atoms with Crippen molar-refractivity contribution < 1.29 is 44.3 Å². The van der Waals surface area contributed by atoms with Crippen LogP contribution >= 0.6 is 0 Å². The number of hydrogen-bond donors (Lipinski definition) is 5. The molecular formula is C26H35N3O9. The molecule has 0 saturated heterocycles. The van der Waals surface area contributed by atoms with E-state index in [1.54, 1.807) is 31.8 Å². The first-order valence-corrected chi connectivity index (χ1v) is 12.2. The van der Waals surface area contributed by atoms with Crippen molar-refractivity contribution >= 4 is 23.9 Å². The molecule has 1 aromatic carbocycles. The van der Waals surface area contributed by atoms with Gasteiger partial charge < -0.3 is 39.8 Å². The molecule has 12 nitrogen and oxygen atoms in total. The van der Waals surface area contributed by atoms with Crippen LogP contribution in [0.15, 0.2) is 43.0 Å². The Hall–Kier alpha value is -3.90. The number of amides is 1. The van der Waals surface area contributed by atoms with Gasteiger partial charge in [0.05, 0.1) is 20.0 Å². The van der Waals surface area contributed by atoms with Crippen molar-refractivity contribution in [3.8, 4) is 11.5 Å². The second-order valence-electron chi connectivity index (χ2n) is 8.92. The number of aliphatic hydroxyl groups is 2. The predicted molar refractivity (Wildman–Crippen MR) is 137 cm³/mol. The van der Waals surface area contributed by atoms with E-state index in [0.717, 1.165) is 24.3 Å². The van der Waals surface area contributed by atoms with Gasteiger partial charge in [-0.05, 0) is 55.4 Å². The fourth-order valence-corrected chi connectivity index (χ4v) is 3.68. The molecule has 1 aromatic heterocycles. The van der Waals surface area contributed by atoms with E-state index in [-0.39, 0.29) is 5.91 Å². The molecule has 2 unspecified atom stereocenters. The lowest BCUT2D eigenvalue weighted by Gasteiger charge is -2.26. The van der Waals surface area contributed by atoms with E-state index in [4.69, 9.17) is 29.9 Å². The maximum absolute atomic E-state index is 12.2. The van der Waals surface area contributed by atoms with Gasteiger partial charge in [0, 0.05) is 24.5 Å². The summed E-state index contributed by atoms with van der Waals surface area (Å²) >= 11 is 0. The van der Waals surface area contributed by atoms with Gasteiger partial charge in [-0.25, -0.2) is 14.6 Å². The Kier molecular flexibility index (Phi) is 12.3. The van der Waals surface area contributed by atoms with Gasteiger partial charge in [0.15, 0.2) is 23.7 Å². The highest BCUT2D eigenvalue weighted by Gasteiger charge is 2.29. The minimum Gasteiger partial charge on any atom is -0.493 e. The quantitative estimate of drug-likeness (QED) is 0.266. The van der Waals surface area contributed by atoms with Crippen LogP contribution in [0.3, 0.4) is 0 Å². The first kappa shape index (κ1) is 30.3. The molecule has 5 N–H and O–H groups in total. The van der Waals surface area contributed by atoms with Crippen LogP contribution in [0.5, 0.6) is 11.5 Å². The van der Waals surface area contributed by atoms with Gasteiger partial charge in [0.2, 0.25) is 5.91 Å². The minimum absolute atomic E-state index is 0.0424. The van der Waals surface area contributed by atoms with Gasteiger partial charge in [-0.3, -0.25) is 4.79 Å². The Morgan fingerprint density at radius 2 is 1.76 bits per heavy atom. The zero-order valence-corrected chi connectivity index (χ0v) is 21.4. The van der Waals surface area contributed by atoms with E-state index in [1.165, 1.54) is 12.8 Å². The number of aliphatic carboxylic acids is 2. The zero-order chi connectivity index (χ0) is 28.1. The number of rotatable bonds is 11. The number of ether oxygens (including phenoxy) is 2. The van der Waals surface area contributed by atoms with E-state index in [9.17, 15) is 14.4 Å². The maximum Gasteiger partial charge on any atom is 0.335 e. The minimum atomic E-state index is -2.27. The number of carbonyl (C=O) groups excluding carboxylic acids is 1. The van der Waals surface area contributed by atoms with Crippen LogP contribution in [0.2, 0.25) is 0 Å².